The summed E-state index contributed by atoms with van der Waals surface area (Å²) in [4.78, 5) is 15.1. The molecule has 1 aromatic rings. The highest BCUT2D eigenvalue weighted by molar-refractivity contribution is 9.10. The summed E-state index contributed by atoms with van der Waals surface area (Å²) in [5, 5.41) is -0.143. The molecule has 0 amide bonds. The molecule has 0 radical (unpaired) electrons. The Hall–Kier alpha value is -0.700. The molecule has 1 aromatic heterocycles. The third kappa shape index (κ3) is 4.15. The van der Waals surface area contributed by atoms with Crippen LogP contribution in [0.25, 0.3) is 0 Å². The Bertz CT molecular complexity index is 594. The number of hydrogen-bond donors (Lipinski definition) is 0. The van der Waals surface area contributed by atoms with Crippen LogP contribution >= 0.6 is 27.5 Å². The fourth-order valence-corrected chi connectivity index (χ4v) is 3.75. The van der Waals surface area contributed by atoms with E-state index < -0.39 is 16.0 Å². The first-order valence-corrected chi connectivity index (χ1v) is 8.40. The van der Waals surface area contributed by atoms with Gasteiger partial charge in [0.05, 0.1) is 6.61 Å². The normalized spacial score (nSPS) is 11.7. The molecule has 9 heteroatoms. The van der Waals surface area contributed by atoms with E-state index in [0.29, 0.717) is 4.47 Å². The summed E-state index contributed by atoms with van der Waals surface area (Å²) in [7, 11) is -3.91. The summed E-state index contributed by atoms with van der Waals surface area (Å²) < 4.78 is 31.1. The van der Waals surface area contributed by atoms with Crippen LogP contribution < -0.4 is 0 Å². The van der Waals surface area contributed by atoms with Gasteiger partial charge in [-0.1, -0.05) is 18.5 Å². The van der Waals surface area contributed by atoms with E-state index in [1.165, 1.54) is 12.3 Å². The Morgan fingerprint density at radius 1 is 1.50 bits per heavy atom. The number of ether oxygens (including phenoxy) is 1. The van der Waals surface area contributed by atoms with E-state index in [2.05, 4.69) is 20.9 Å². The molecule has 0 aliphatic heterocycles. The number of rotatable bonds is 6. The number of hydrogen-bond acceptors (Lipinski definition) is 5. The summed E-state index contributed by atoms with van der Waals surface area (Å²) in [5.74, 6) is -0.614. The minimum atomic E-state index is -3.91. The van der Waals surface area contributed by atoms with E-state index in [1.807, 2.05) is 0 Å². The lowest BCUT2D eigenvalue weighted by Crippen LogP contribution is -2.36. The SMILES string of the molecule is CCOC(=O)CN(CC)S(=O)(=O)c1cc(Br)cnc1Cl. The van der Waals surface area contributed by atoms with Crippen LogP contribution in [0.2, 0.25) is 5.15 Å². The minimum absolute atomic E-state index is 0.115. The van der Waals surface area contributed by atoms with Gasteiger partial charge in [0, 0.05) is 17.2 Å². The van der Waals surface area contributed by atoms with Crippen LogP contribution in [0.15, 0.2) is 21.6 Å². The summed E-state index contributed by atoms with van der Waals surface area (Å²) in [6.45, 7) is 3.21. The number of nitrogens with zero attached hydrogens (tertiary/aromatic N) is 2. The van der Waals surface area contributed by atoms with Crippen LogP contribution in [0.4, 0.5) is 0 Å². The zero-order chi connectivity index (χ0) is 15.3. The molecule has 0 aliphatic rings. The van der Waals surface area contributed by atoms with Gasteiger partial charge in [0.1, 0.15) is 16.6 Å². The van der Waals surface area contributed by atoms with Gasteiger partial charge < -0.3 is 4.74 Å². The van der Waals surface area contributed by atoms with Crippen LogP contribution in [0.1, 0.15) is 13.8 Å². The molecule has 0 saturated heterocycles. The van der Waals surface area contributed by atoms with Crippen molar-refractivity contribution in [1.29, 1.82) is 0 Å². The number of esters is 1. The number of carbonyl (C=O) groups is 1. The minimum Gasteiger partial charge on any atom is -0.465 e. The van der Waals surface area contributed by atoms with Gasteiger partial charge in [-0.3, -0.25) is 4.79 Å². The van der Waals surface area contributed by atoms with Crippen LogP contribution in [0, 0.1) is 0 Å². The first kappa shape index (κ1) is 17.4. The number of likely N-dealkylation sites (N-methyl/N-ethyl adjacent to an activating group) is 1. The van der Waals surface area contributed by atoms with Gasteiger partial charge in [0.2, 0.25) is 10.0 Å². The fourth-order valence-electron chi connectivity index (χ4n) is 1.44. The van der Waals surface area contributed by atoms with Crippen LogP contribution in [0.3, 0.4) is 0 Å². The average Bonchev–Trinajstić information content (AvgIpc) is 2.38. The second-order valence-electron chi connectivity index (χ2n) is 3.68. The van der Waals surface area contributed by atoms with Crippen molar-refractivity contribution in [1.82, 2.24) is 9.29 Å². The third-order valence-corrected chi connectivity index (χ3v) is 5.14. The molecule has 0 bridgehead atoms. The van der Waals surface area contributed by atoms with Gasteiger partial charge in [-0.05, 0) is 28.9 Å². The third-order valence-electron chi connectivity index (χ3n) is 2.35. The van der Waals surface area contributed by atoms with Crippen molar-refractivity contribution >= 4 is 43.5 Å². The van der Waals surface area contributed by atoms with Crippen molar-refractivity contribution in [2.45, 2.75) is 18.7 Å². The predicted octanol–water partition coefficient (Wildman–Crippen LogP) is 2.07. The number of aromatic nitrogens is 1. The first-order chi connectivity index (χ1) is 9.32. The molecule has 0 unspecified atom stereocenters. The Labute approximate surface area is 131 Å². The molecule has 0 spiro atoms. The monoisotopic (exact) mass is 384 g/mol. The second kappa shape index (κ2) is 7.35. The zero-order valence-electron chi connectivity index (χ0n) is 11.0. The highest BCUT2D eigenvalue weighted by Crippen LogP contribution is 2.25. The van der Waals surface area contributed by atoms with E-state index in [4.69, 9.17) is 16.3 Å². The van der Waals surface area contributed by atoms with E-state index in [-0.39, 0.29) is 29.7 Å². The molecule has 20 heavy (non-hydrogen) atoms. The average molecular weight is 386 g/mol. The smallest absolute Gasteiger partial charge is 0.321 e. The molecular weight excluding hydrogens is 372 g/mol. The van der Waals surface area contributed by atoms with E-state index in [9.17, 15) is 13.2 Å². The Balaban J connectivity index is 3.12. The van der Waals surface area contributed by atoms with Crippen molar-refractivity contribution < 1.29 is 17.9 Å². The number of sulfonamides is 1. The van der Waals surface area contributed by atoms with E-state index >= 15 is 0 Å². The number of halogens is 2. The van der Waals surface area contributed by atoms with Crippen molar-refractivity contribution in [2.24, 2.45) is 0 Å². The standard InChI is InChI=1S/C11H14BrClN2O4S/c1-3-15(7-10(16)19-4-2)20(17,18)9-5-8(12)6-14-11(9)13/h5-6H,3-4,7H2,1-2H3. The number of pyridine rings is 1. The molecule has 0 saturated carbocycles. The second-order valence-corrected chi connectivity index (χ2v) is 6.86. The maximum absolute atomic E-state index is 12.4. The van der Waals surface area contributed by atoms with Gasteiger partial charge in [0.15, 0.2) is 0 Å². The fraction of sp³-hybridized carbons (Fsp3) is 0.455. The van der Waals surface area contributed by atoms with Gasteiger partial charge in [0.25, 0.3) is 0 Å². The van der Waals surface area contributed by atoms with Crippen molar-refractivity contribution in [3.05, 3.63) is 21.9 Å². The van der Waals surface area contributed by atoms with Crippen LogP contribution in [0.5, 0.6) is 0 Å². The molecular formula is C11H14BrClN2O4S. The first-order valence-electron chi connectivity index (χ1n) is 5.79. The lowest BCUT2D eigenvalue weighted by molar-refractivity contribution is -0.143. The van der Waals surface area contributed by atoms with E-state index in [1.54, 1.807) is 13.8 Å². The number of carbonyl (C=O) groups excluding carboxylic acids is 1. The van der Waals surface area contributed by atoms with Crippen LogP contribution in [-0.2, 0) is 19.6 Å². The highest BCUT2D eigenvalue weighted by atomic mass is 79.9. The summed E-state index contributed by atoms with van der Waals surface area (Å²) in [6, 6.07) is 1.35. The maximum atomic E-state index is 12.4. The molecule has 1 rings (SSSR count). The van der Waals surface area contributed by atoms with Gasteiger partial charge in [-0.15, -0.1) is 0 Å². The largest absolute Gasteiger partial charge is 0.465 e. The van der Waals surface area contributed by atoms with Crippen LogP contribution in [-0.4, -0.2) is 43.4 Å². The lowest BCUT2D eigenvalue weighted by atomic mass is 10.5. The lowest BCUT2D eigenvalue weighted by Gasteiger charge is -2.19. The molecule has 0 N–H and O–H groups in total. The molecule has 0 atom stereocenters. The summed E-state index contributed by atoms with van der Waals surface area (Å²) in [6.07, 6.45) is 1.39. The van der Waals surface area contributed by atoms with E-state index in [0.717, 1.165) is 4.31 Å². The van der Waals surface area contributed by atoms with Crippen molar-refractivity contribution in [3.63, 3.8) is 0 Å². The van der Waals surface area contributed by atoms with Crippen molar-refractivity contribution in [2.75, 3.05) is 19.7 Å². The molecule has 0 aromatic carbocycles. The zero-order valence-corrected chi connectivity index (χ0v) is 14.1. The quantitative estimate of drug-likeness (QED) is 0.553. The molecule has 1 heterocycles. The maximum Gasteiger partial charge on any atom is 0.321 e. The molecule has 6 nitrogen and oxygen atoms in total. The molecule has 112 valence electrons. The van der Waals surface area contributed by atoms with Gasteiger partial charge in [-0.2, -0.15) is 4.31 Å². The van der Waals surface area contributed by atoms with Crippen molar-refractivity contribution in [3.8, 4) is 0 Å². The summed E-state index contributed by atoms with van der Waals surface area (Å²) in [5.41, 5.74) is 0. The Kier molecular flexibility index (Phi) is 6.38. The predicted molar refractivity (Wildman–Crippen MR) is 78.0 cm³/mol. The Morgan fingerprint density at radius 2 is 2.15 bits per heavy atom. The summed E-state index contributed by atoms with van der Waals surface area (Å²) >= 11 is 8.97. The highest BCUT2D eigenvalue weighted by Gasteiger charge is 2.28. The molecule has 0 fully saturated rings. The van der Waals surface area contributed by atoms with Gasteiger partial charge >= 0.3 is 5.97 Å². The topological polar surface area (TPSA) is 76.6 Å². The van der Waals surface area contributed by atoms with Gasteiger partial charge in [-0.25, -0.2) is 13.4 Å². The molecule has 0 aliphatic carbocycles. The Morgan fingerprint density at radius 3 is 2.70 bits per heavy atom.